The zero-order valence-electron chi connectivity index (χ0n) is 16.2. The lowest BCUT2D eigenvalue weighted by atomic mass is 10.1. The molecule has 3 heterocycles. The van der Waals surface area contributed by atoms with E-state index < -0.39 is 0 Å². The quantitative estimate of drug-likeness (QED) is 0.606. The van der Waals surface area contributed by atoms with E-state index in [9.17, 15) is 9.59 Å². The van der Waals surface area contributed by atoms with Gasteiger partial charge in [-0.25, -0.2) is 4.98 Å². The second kappa shape index (κ2) is 7.09. The van der Waals surface area contributed by atoms with Gasteiger partial charge in [-0.3, -0.25) is 18.8 Å². The molecule has 1 aliphatic heterocycles. The van der Waals surface area contributed by atoms with Crippen LogP contribution in [-0.2, 0) is 18.4 Å². The Labute approximate surface area is 176 Å². The summed E-state index contributed by atoms with van der Waals surface area (Å²) in [7, 11) is 1.79. The summed E-state index contributed by atoms with van der Waals surface area (Å²) < 4.78 is 4.37. The van der Waals surface area contributed by atoms with E-state index in [-0.39, 0.29) is 23.3 Å². The van der Waals surface area contributed by atoms with E-state index in [1.807, 2.05) is 29.2 Å². The third-order valence-electron chi connectivity index (χ3n) is 5.92. The molecule has 0 radical (unpaired) electrons. The SMILES string of the molecule is Cn1ncc2c(=O)n(C[C@@H]3CCN(C(=O)C4CC4)C3)c(-c3ccc(Br)cc3)nc21. The van der Waals surface area contributed by atoms with Crippen molar-refractivity contribution < 1.29 is 4.79 Å². The highest BCUT2D eigenvalue weighted by Crippen LogP contribution is 2.33. The fourth-order valence-electron chi connectivity index (χ4n) is 4.13. The molecular weight excluding hydrogens is 434 g/mol. The summed E-state index contributed by atoms with van der Waals surface area (Å²) in [5.41, 5.74) is 1.39. The normalized spacial score (nSPS) is 19.2. The molecule has 8 heteroatoms. The minimum atomic E-state index is -0.0759. The number of hydrogen-bond donors (Lipinski definition) is 0. The van der Waals surface area contributed by atoms with Crippen molar-refractivity contribution in [1.82, 2.24) is 24.2 Å². The number of rotatable bonds is 4. The van der Waals surface area contributed by atoms with Crippen LogP contribution < -0.4 is 5.56 Å². The van der Waals surface area contributed by atoms with Gasteiger partial charge in [-0.1, -0.05) is 28.1 Å². The number of likely N-dealkylation sites (tertiary alicyclic amines) is 1. The van der Waals surface area contributed by atoms with Gasteiger partial charge in [0.25, 0.3) is 5.56 Å². The number of aromatic nitrogens is 4. The molecule has 2 fully saturated rings. The first-order valence-electron chi connectivity index (χ1n) is 9.98. The van der Waals surface area contributed by atoms with Gasteiger partial charge in [0.1, 0.15) is 11.2 Å². The Bertz CT molecular complexity index is 1150. The molecule has 2 aromatic heterocycles. The van der Waals surface area contributed by atoms with Crippen molar-refractivity contribution in [3.8, 4) is 11.4 Å². The van der Waals surface area contributed by atoms with Crippen molar-refractivity contribution in [3.05, 3.63) is 45.3 Å². The summed E-state index contributed by atoms with van der Waals surface area (Å²) in [4.78, 5) is 32.5. The monoisotopic (exact) mass is 455 g/mol. The van der Waals surface area contributed by atoms with Crippen LogP contribution in [0.2, 0.25) is 0 Å². The molecule has 3 aromatic rings. The van der Waals surface area contributed by atoms with Gasteiger partial charge in [0, 0.05) is 42.6 Å². The van der Waals surface area contributed by atoms with Crippen molar-refractivity contribution >= 4 is 32.9 Å². The zero-order valence-corrected chi connectivity index (χ0v) is 17.8. The van der Waals surface area contributed by atoms with Gasteiger partial charge in [-0.15, -0.1) is 0 Å². The molecule has 0 unspecified atom stereocenters. The zero-order chi connectivity index (χ0) is 20.1. The summed E-state index contributed by atoms with van der Waals surface area (Å²) in [6.45, 7) is 2.05. The molecule has 29 heavy (non-hydrogen) atoms. The smallest absolute Gasteiger partial charge is 0.264 e. The Kier molecular flexibility index (Phi) is 4.53. The number of benzene rings is 1. The lowest BCUT2D eigenvalue weighted by molar-refractivity contribution is -0.131. The number of halogens is 1. The minimum Gasteiger partial charge on any atom is -0.342 e. The average molecular weight is 456 g/mol. The number of hydrogen-bond acceptors (Lipinski definition) is 4. The largest absolute Gasteiger partial charge is 0.342 e. The van der Waals surface area contributed by atoms with Gasteiger partial charge in [-0.2, -0.15) is 5.10 Å². The Morgan fingerprint density at radius 3 is 2.69 bits per heavy atom. The lowest BCUT2D eigenvalue weighted by Crippen LogP contribution is -2.32. The molecule has 1 atom stereocenters. The molecule has 1 saturated carbocycles. The second-order valence-corrected chi connectivity index (χ2v) is 8.99. The summed E-state index contributed by atoms with van der Waals surface area (Å²) in [6, 6.07) is 7.82. The molecule has 0 N–H and O–H groups in total. The van der Waals surface area contributed by atoms with Gasteiger partial charge in [0.05, 0.1) is 6.20 Å². The van der Waals surface area contributed by atoms with Crippen LogP contribution in [0.25, 0.3) is 22.4 Å². The summed E-state index contributed by atoms with van der Waals surface area (Å²) in [6.07, 6.45) is 4.55. The summed E-state index contributed by atoms with van der Waals surface area (Å²) >= 11 is 3.46. The highest BCUT2D eigenvalue weighted by molar-refractivity contribution is 9.10. The van der Waals surface area contributed by atoms with Crippen LogP contribution in [0.1, 0.15) is 19.3 Å². The highest BCUT2D eigenvalue weighted by Gasteiger charge is 2.36. The van der Waals surface area contributed by atoms with Gasteiger partial charge in [0.15, 0.2) is 5.65 Å². The van der Waals surface area contributed by atoms with Gasteiger partial charge in [0.2, 0.25) is 5.91 Å². The predicted octanol–water partition coefficient (Wildman–Crippen LogP) is 2.82. The maximum atomic E-state index is 13.3. The highest BCUT2D eigenvalue weighted by atomic mass is 79.9. The van der Waals surface area contributed by atoms with Crippen molar-refractivity contribution in [2.75, 3.05) is 13.1 Å². The maximum Gasteiger partial charge on any atom is 0.264 e. The minimum absolute atomic E-state index is 0.0759. The van der Waals surface area contributed by atoms with Crippen LogP contribution in [0.5, 0.6) is 0 Å². The topological polar surface area (TPSA) is 73.0 Å². The van der Waals surface area contributed by atoms with Gasteiger partial charge < -0.3 is 4.90 Å². The first-order chi connectivity index (χ1) is 14.0. The van der Waals surface area contributed by atoms with Crippen LogP contribution in [0.4, 0.5) is 0 Å². The Morgan fingerprint density at radius 2 is 1.97 bits per heavy atom. The second-order valence-electron chi connectivity index (χ2n) is 8.08. The predicted molar refractivity (Wildman–Crippen MR) is 113 cm³/mol. The number of carbonyl (C=O) groups excluding carboxylic acids is 1. The molecule has 150 valence electrons. The molecule has 1 saturated heterocycles. The van der Waals surface area contributed by atoms with E-state index in [1.54, 1.807) is 22.5 Å². The van der Waals surface area contributed by atoms with E-state index in [0.29, 0.717) is 29.9 Å². The fraction of sp³-hybridized carbons (Fsp3) is 0.429. The molecule has 0 bridgehead atoms. The Hall–Kier alpha value is -2.48. The number of aryl methyl sites for hydroxylation is 1. The molecule has 1 aliphatic carbocycles. The standard InChI is InChI=1S/C21H22BrN5O2/c1-25-19-17(10-23-25)21(29)27(18(24-19)14-4-6-16(22)7-5-14)12-13-8-9-26(11-13)20(28)15-2-3-15/h4-7,10,13,15H,2-3,8-9,11-12H2,1H3/t13-/m1/s1. The van der Waals surface area contributed by atoms with E-state index >= 15 is 0 Å². The third-order valence-corrected chi connectivity index (χ3v) is 6.45. The number of fused-ring (bicyclic) bond motifs is 1. The lowest BCUT2D eigenvalue weighted by Gasteiger charge is -2.18. The van der Waals surface area contributed by atoms with E-state index in [2.05, 4.69) is 21.0 Å². The van der Waals surface area contributed by atoms with Gasteiger partial charge >= 0.3 is 0 Å². The van der Waals surface area contributed by atoms with Gasteiger partial charge in [-0.05, 0) is 37.3 Å². The van der Waals surface area contributed by atoms with Crippen molar-refractivity contribution in [3.63, 3.8) is 0 Å². The average Bonchev–Trinajstić information content (AvgIpc) is 3.35. The van der Waals surface area contributed by atoms with E-state index in [1.165, 1.54) is 0 Å². The van der Waals surface area contributed by atoms with Crippen molar-refractivity contribution in [2.24, 2.45) is 18.9 Å². The molecule has 1 amide bonds. The molecule has 1 aromatic carbocycles. The summed E-state index contributed by atoms with van der Waals surface area (Å²) in [5, 5.41) is 4.75. The first kappa shape index (κ1) is 18.5. The van der Waals surface area contributed by atoms with E-state index in [4.69, 9.17) is 4.98 Å². The molecule has 5 rings (SSSR count). The maximum absolute atomic E-state index is 13.3. The molecule has 2 aliphatic rings. The third kappa shape index (κ3) is 3.39. The number of amides is 1. The van der Waals surface area contributed by atoms with E-state index in [0.717, 1.165) is 35.8 Å². The first-order valence-corrected chi connectivity index (χ1v) is 10.8. The van der Waals surface area contributed by atoms with Crippen LogP contribution in [0.3, 0.4) is 0 Å². The van der Waals surface area contributed by atoms with Crippen LogP contribution >= 0.6 is 15.9 Å². The Morgan fingerprint density at radius 1 is 1.21 bits per heavy atom. The fourth-order valence-corrected chi connectivity index (χ4v) is 4.40. The number of carbonyl (C=O) groups is 1. The molecule has 0 spiro atoms. The Balaban J connectivity index is 1.52. The van der Waals surface area contributed by atoms with Crippen molar-refractivity contribution in [2.45, 2.75) is 25.8 Å². The molecule has 7 nitrogen and oxygen atoms in total. The van der Waals surface area contributed by atoms with Crippen LogP contribution in [0.15, 0.2) is 39.7 Å². The van der Waals surface area contributed by atoms with Crippen LogP contribution in [0, 0.1) is 11.8 Å². The molecular formula is C21H22BrN5O2. The number of nitrogens with zero attached hydrogens (tertiary/aromatic N) is 5. The van der Waals surface area contributed by atoms with Crippen molar-refractivity contribution in [1.29, 1.82) is 0 Å². The summed E-state index contributed by atoms with van der Waals surface area (Å²) in [5.74, 6) is 1.42. The van der Waals surface area contributed by atoms with Crippen LogP contribution in [-0.4, -0.2) is 43.2 Å².